The number of nitrogens with zero attached hydrogens (tertiary/aromatic N) is 4. The second kappa shape index (κ2) is 10.8. The van der Waals surface area contributed by atoms with Crippen LogP contribution in [0.2, 0.25) is 0 Å². The van der Waals surface area contributed by atoms with Gasteiger partial charge in [-0.2, -0.15) is 18.3 Å². The average molecular weight is 573 g/mol. The van der Waals surface area contributed by atoms with Crippen LogP contribution in [0.1, 0.15) is 44.3 Å². The number of aromatic amines is 1. The molecule has 4 rings (SSSR count). The molecule has 0 fully saturated rings. The molecular formula is C25H26F6N6O3. The fourth-order valence-corrected chi connectivity index (χ4v) is 4.37. The van der Waals surface area contributed by atoms with E-state index in [1.165, 1.54) is 17.2 Å². The smallest absolute Gasteiger partial charge is 0.444 e. The molecule has 216 valence electrons. The minimum absolute atomic E-state index is 0.0189. The third kappa shape index (κ3) is 6.57. The minimum Gasteiger partial charge on any atom is -0.444 e. The van der Waals surface area contributed by atoms with E-state index in [4.69, 9.17) is 4.74 Å². The van der Waals surface area contributed by atoms with Gasteiger partial charge in [-0.3, -0.25) is 9.89 Å². The van der Waals surface area contributed by atoms with Crippen LogP contribution in [0, 0.1) is 17.5 Å². The summed E-state index contributed by atoms with van der Waals surface area (Å²) < 4.78 is 88.8. The molecule has 0 aliphatic carbocycles. The van der Waals surface area contributed by atoms with Crippen molar-refractivity contribution < 1.29 is 40.7 Å². The first-order valence-corrected chi connectivity index (χ1v) is 12.2. The number of rotatable bonds is 6. The Bertz CT molecular complexity index is 1400. The topological polar surface area (TPSA) is 105 Å². The number of imidazole rings is 1. The fraction of sp³-hybridized carbons (Fsp3) is 0.440. The first-order chi connectivity index (χ1) is 18.6. The van der Waals surface area contributed by atoms with Crippen LogP contribution in [0.25, 0.3) is 11.4 Å². The molecule has 1 aromatic carbocycles. The Balaban J connectivity index is 1.58. The standard InChI is InChI=1S/C25H26F6N6O3/c1-24(2,3)40-23(39)33-14(8-13-9-16(27)17(28)11-15(13)26)10-20(38)36-6-7-37-19(12-36)21(18-4-5-32-35-18)34-22(37)25(29,30)31/h4-5,9,11,14H,6-8,10,12H2,1-3H3,(H,32,35)(H,33,39). The number of alkyl halides is 3. The molecule has 1 unspecified atom stereocenters. The van der Waals surface area contributed by atoms with Gasteiger partial charge in [-0.15, -0.1) is 0 Å². The Morgan fingerprint density at radius 3 is 2.42 bits per heavy atom. The maximum absolute atomic E-state index is 14.4. The Morgan fingerprint density at radius 2 is 1.80 bits per heavy atom. The van der Waals surface area contributed by atoms with Crippen LogP contribution < -0.4 is 5.32 Å². The van der Waals surface area contributed by atoms with Crippen LogP contribution in [-0.2, 0) is 35.2 Å². The molecule has 2 N–H and O–H groups in total. The number of halogens is 6. The summed E-state index contributed by atoms with van der Waals surface area (Å²) in [5, 5.41) is 8.79. The van der Waals surface area contributed by atoms with Gasteiger partial charge in [-0.1, -0.05) is 0 Å². The Morgan fingerprint density at radius 1 is 1.10 bits per heavy atom. The number of nitrogens with one attached hydrogen (secondary N) is 2. The molecule has 3 aromatic rings. The van der Waals surface area contributed by atoms with Crippen LogP contribution in [0.15, 0.2) is 24.4 Å². The SMILES string of the molecule is CC(C)(C)OC(=O)NC(CC(=O)N1CCn2c(C(F)(F)F)nc(-c3ccn[nH]3)c2C1)Cc1cc(F)c(F)cc1F. The first kappa shape index (κ1) is 29.0. The largest absolute Gasteiger partial charge is 0.449 e. The third-order valence-corrected chi connectivity index (χ3v) is 6.07. The quantitative estimate of drug-likeness (QED) is 0.333. The van der Waals surface area contributed by atoms with Crippen LogP contribution in [0.4, 0.5) is 31.1 Å². The Hall–Kier alpha value is -4.04. The van der Waals surface area contributed by atoms with Crippen LogP contribution in [0.5, 0.6) is 0 Å². The molecule has 3 heterocycles. The second-order valence-electron chi connectivity index (χ2n) is 10.3. The summed E-state index contributed by atoms with van der Waals surface area (Å²) in [6.45, 7) is 4.25. The van der Waals surface area contributed by atoms with E-state index in [1.54, 1.807) is 20.8 Å². The highest BCUT2D eigenvalue weighted by Crippen LogP contribution is 2.35. The molecule has 0 bridgehead atoms. The monoisotopic (exact) mass is 572 g/mol. The van der Waals surface area contributed by atoms with Gasteiger partial charge < -0.3 is 19.5 Å². The highest BCUT2D eigenvalue weighted by Gasteiger charge is 2.41. The van der Waals surface area contributed by atoms with Crippen LogP contribution in [-0.4, -0.2) is 54.8 Å². The van der Waals surface area contributed by atoms with Gasteiger partial charge in [0, 0.05) is 37.8 Å². The van der Waals surface area contributed by atoms with Crippen molar-refractivity contribution in [3.63, 3.8) is 0 Å². The zero-order chi connectivity index (χ0) is 29.4. The average Bonchev–Trinajstić information content (AvgIpc) is 3.48. The number of fused-ring (bicyclic) bond motifs is 1. The van der Waals surface area contributed by atoms with Crippen molar-refractivity contribution in [1.82, 2.24) is 30.0 Å². The number of hydrogen-bond acceptors (Lipinski definition) is 5. The Kier molecular flexibility index (Phi) is 7.85. The molecule has 2 aromatic heterocycles. The van der Waals surface area contributed by atoms with Crippen molar-refractivity contribution in [3.8, 4) is 11.4 Å². The van der Waals surface area contributed by atoms with E-state index in [9.17, 15) is 35.9 Å². The molecular weight excluding hydrogens is 546 g/mol. The first-order valence-electron chi connectivity index (χ1n) is 12.2. The molecule has 0 saturated heterocycles. The molecule has 40 heavy (non-hydrogen) atoms. The van der Waals surface area contributed by atoms with Gasteiger partial charge in [-0.05, 0) is 44.9 Å². The predicted molar refractivity (Wildman–Crippen MR) is 128 cm³/mol. The summed E-state index contributed by atoms with van der Waals surface area (Å²) >= 11 is 0. The van der Waals surface area contributed by atoms with Crippen molar-refractivity contribution in [2.75, 3.05) is 6.54 Å². The summed E-state index contributed by atoms with van der Waals surface area (Å²) in [6.07, 6.45) is -5.14. The molecule has 9 nitrogen and oxygen atoms in total. The van der Waals surface area contributed by atoms with Crippen molar-refractivity contribution >= 4 is 12.0 Å². The van der Waals surface area contributed by atoms with Crippen molar-refractivity contribution in [3.05, 3.63) is 58.9 Å². The zero-order valence-electron chi connectivity index (χ0n) is 21.7. The normalized spacial score (nSPS) is 14.6. The zero-order valence-corrected chi connectivity index (χ0v) is 21.7. The second-order valence-corrected chi connectivity index (χ2v) is 10.3. The molecule has 0 radical (unpaired) electrons. The maximum Gasteiger partial charge on any atom is 0.449 e. The molecule has 0 saturated carbocycles. The lowest BCUT2D eigenvalue weighted by molar-refractivity contribution is -0.148. The molecule has 2 amide bonds. The van der Waals surface area contributed by atoms with E-state index in [2.05, 4.69) is 20.5 Å². The number of H-pyrrole nitrogens is 1. The van der Waals surface area contributed by atoms with Gasteiger partial charge in [0.05, 0.1) is 17.9 Å². The molecule has 1 atom stereocenters. The van der Waals surface area contributed by atoms with Crippen molar-refractivity contribution in [2.45, 2.75) is 64.5 Å². The summed E-state index contributed by atoms with van der Waals surface area (Å²) in [4.78, 5) is 30.8. The lowest BCUT2D eigenvalue weighted by Gasteiger charge is -2.31. The third-order valence-electron chi connectivity index (χ3n) is 6.07. The number of carbonyl (C=O) groups is 2. The van der Waals surface area contributed by atoms with Crippen LogP contribution in [0.3, 0.4) is 0 Å². The van der Waals surface area contributed by atoms with Crippen LogP contribution >= 0.6 is 0 Å². The molecule has 1 aliphatic rings. The van der Waals surface area contributed by atoms with Crippen molar-refractivity contribution in [1.29, 1.82) is 0 Å². The highest BCUT2D eigenvalue weighted by molar-refractivity contribution is 5.78. The van der Waals surface area contributed by atoms with E-state index >= 15 is 0 Å². The van der Waals surface area contributed by atoms with Gasteiger partial charge in [-0.25, -0.2) is 22.9 Å². The number of alkyl carbamates (subject to hydrolysis) is 1. The summed E-state index contributed by atoms with van der Waals surface area (Å²) in [5.41, 5.74) is -0.863. The van der Waals surface area contributed by atoms with E-state index in [-0.39, 0.29) is 42.3 Å². The van der Waals surface area contributed by atoms with Gasteiger partial charge in [0.2, 0.25) is 11.7 Å². The van der Waals surface area contributed by atoms with E-state index in [0.717, 1.165) is 4.57 Å². The molecule has 0 spiro atoms. The van der Waals surface area contributed by atoms with E-state index in [0.29, 0.717) is 12.1 Å². The van der Waals surface area contributed by atoms with Gasteiger partial charge >= 0.3 is 12.3 Å². The molecule has 1 aliphatic heterocycles. The number of hydrogen-bond donors (Lipinski definition) is 2. The minimum atomic E-state index is -4.74. The number of carbonyl (C=O) groups excluding carboxylic acids is 2. The number of ether oxygens (including phenoxy) is 1. The lowest BCUT2D eigenvalue weighted by atomic mass is 10.0. The summed E-state index contributed by atoms with van der Waals surface area (Å²) in [6, 6.07) is 1.32. The number of amides is 2. The lowest BCUT2D eigenvalue weighted by Crippen LogP contribution is -2.45. The highest BCUT2D eigenvalue weighted by atomic mass is 19.4. The van der Waals surface area contributed by atoms with Gasteiger partial charge in [0.25, 0.3) is 0 Å². The predicted octanol–water partition coefficient (Wildman–Crippen LogP) is 4.58. The van der Waals surface area contributed by atoms with Gasteiger partial charge in [0.1, 0.15) is 17.1 Å². The van der Waals surface area contributed by atoms with E-state index in [1.807, 2.05) is 0 Å². The summed E-state index contributed by atoms with van der Waals surface area (Å²) in [7, 11) is 0. The number of aromatic nitrogens is 4. The molecule has 15 heteroatoms. The fourth-order valence-electron chi connectivity index (χ4n) is 4.37. The number of benzene rings is 1. The maximum atomic E-state index is 14.4. The van der Waals surface area contributed by atoms with E-state index < -0.39 is 65.9 Å². The Labute approximate surface area is 224 Å². The van der Waals surface area contributed by atoms with Crippen molar-refractivity contribution in [2.24, 2.45) is 0 Å². The summed E-state index contributed by atoms with van der Waals surface area (Å²) in [5.74, 6) is -5.48. The van der Waals surface area contributed by atoms with Gasteiger partial charge in [0.15, 0.2) is 11.6 Å².